The van der Waals surface area contributed by atoms with Crippen molar-refractivity contribution in [3.05, 3.63) is 54.0 Å². The van der Waals surface area contributed by atoms with Crippen LogP contribution in [0.4, 0.5) is 0 Å². The lowest BCUT2D eigenvalue weighted by Crippen LogP contribution is -2.17. The summed E-state index contributed by atoms with van der Waals surface area (Å²) in [6, 6.07) is 12.1. The normalized spacial score (nSPS) is 13.0. The van der Waals surface area contributed by atoms with Gasteiger partial charge in [0.05, 0.1) is 5.69 Å². The van der Waals surface area contributed by atoms with E-state index in [0.29, 0.717) is 0 Å². The Hall–Kier alpha value is -2.07. The summed E-state index contributed by atoms with van der Waals surface area (Å²) in [6.07, 6.45) is 1.93. The SMILES string of the molecule is CNC(c1ccn(C)n1)c1cc2ccccc2o1. The lowest BCUT2D eigenvalue weighted by Gasteiger charge is -2.10. The van der Waals surface area contributed by atoms with E-state index in [0.717, 1.165) is 22.4 Å². The zero-order valence-electron chi connectivity index (χ0n) is 10.4. The molecule has 3 aromatic rings. The molecule has 0 saturated heterocycles. The number of aromatic nitrogens is 2. The van der Waals surface area contributed by atoms with Crippen molar-refractivity contribution < 1.29 is 4.42 Å². The average Bonchev–Trinajstić information content (AvgIpc) is 2.96. The van der Waals surface area contributed by atoms with Crippen LogP contribution in [0.5, 0.6) is 0 Å². The number of rotatable bonds is 3. The smallest absolute Gasteiger partial charge is 0.134 e. The van der Waals surface area contributed by atoms with Gasteiger partial charge in [-0.3, -0.25) is 4.68 Å². The fourth-order valence-corrected chi connectivity index (χ4v) is 2.17. The molecule has 2 aromatic heterocycles. The lowest BCUT2D eigenvalue weighted by atomic mass is 10.1. The van der Waals surface area contributed by atoms with E-state index in [1.54, 1.807) is 4.68 Å². The van der Waals surface area contributed by atoms with Crippen molar-refractivity contribution in [2.24, 2.45) is 7.05 Å². The van der Waals surface area contributed by atoms with E-state index in [2.05, 4.69) is 16.5 Å². The van der Waals surface area contributed by atoms with Crippen molar-refractivity contribution in [3.8, 4) is 0 Å². The minimum Gasteiger partial charge on any atom is -0.459 e. The number of aryl methyl sites for hydroxylation is 1. The molecule has 1 atom stereocenters. The van der Waals surface area contributed by atoms with Gasteiger partial charge in [-0.15, -0.1) is 0 Å². The van der Waals surface area contributed by atoms with Gasteiger partial charge in [-0.1, -0.05) is 18.2 Å². The highest BCUT2D eigenvalue weighted by Gasteiger charge is 2.18. The highest BCUT2D eigenvalue weighted by atomic mass is 16.3. The molecule has 0 aliphatic heterocycles. The van der Waals surface area contributed by atoms with E-state index >= 15 is 0 Å². The first-order valence-electron chi connectivity index (χ1n) is 5.93. The van der Waals surface area contributed by atoms with Crippen LogP contribution in [0.1, 0.15) is 17.5 Å². The quantitative estimate of drug-likeness (QED) is 0.766. The Bertz CT molecular complexity index is 635. The topological polar surface area (TPSA) is 43.0 Å². The molecule has 0 radical (unpaired) electrons. The van der Waals surface area contributed by atoms with Gasteiger partial charge in [0.2, 0.25) is 0 Å². The molecule has 92 valence electrons. The Balaban J connectivity index is 2.05. The molecule has 1 aromatic carbocycles. The predicted octanol–water partition coefficient (Wildman–Crippen LogP) is 2.48. The molecule has 0 spiro atoms. The molecule has 1 unspecified atom stereocenters. The number of fused-ring (bicyclic) bond motifs is 1. The molecular formula is C14H15N3O. The minimum absolute atomic E-state index is 0.0152. The third-order valence-electron chi connectivity index (χ3n) is 3.05. The van der Waals surface area contributed by atoms with E-state index in [1.807, 2.05) is 50.6 Å². The number of hydrogen-bond acceptors (Lipinski definition) is 3. The molecule has 1 N–H and O–H groups in total. The van der Waals surface area contributed by atoms with Crippen LogP contribution in [0, 0.1) is 0 Å². The molecular weight excluding hydrogens is 226 g/mol. The van der Waals surface area contributed by atoms with Crippen molar-refractivity contribution >= 4 is 11.0 Å². The fraction of sp³-hybridized carbons (Fsp3) is 0.214. The molecule has 18 heavy (non-hydrogen) atoms. The Kier molecular flexibility index (Phi) is 2.64. The summed E-state index contributed by atoms with van der Waals surface area (Å²) in [5.74, 6) is 0.886. The van der Waals surface area contributed by atoms with Crippen LogP contribution in [-0.4, -0.2) is 16.8 Å². The number of para-hydroxylation sites is 1. The van der Waals surface area contributed by atoms with Crippen LogP contribution < -0.4 is 5.32 Å². The van der Waals surface area contributed by atoms with Gasteiger partial charge < -0.3 is 9.73 Å². The Morgan fingerprint density at radius 2 is 2.11 bits per heavy atom. The van der Waals surface area contributed by atoms with Crippen LogP contribution in [-0.2, 0) is 7.05 Å². The van der Waals surface area contributed by atoms with Gasteiger partial charge in [-0.2, -0.15) is 5.10 Å². The van der Waals surface area contributed by atoms with Gasteiger partial charge in [0.25, 0.3) is 0 Å². The second-order valence-electron chi connectivity index (χ2n) is 4.32. The first-order valence-corrected chi connectivity index (χ1v) is 5.93. The number of nitrogens with zero attached hydrogens (tertiary/aromatic N) is 2. The Labute approximate surface area is 105 Å². The highest BCUT2D eigenvalue weighted by molar-refractivity contribution is 5.77. The molecule has 2 heterocycles. The molecule has 0 aliphatic carbocycles. The monoisotopic (exact) mass is 241 g/mol. The third kappa shape index (κ3) is 1.80. The van der Waals surface area contributed by atoms with Crippen molar-refractivity contribution in [2.45, 2.75) is 6.04 Å². The van der Waals surface area contributed by atoms with Crippen LogP contribution >= 0.6 is 0 Å². The molecule has 0 amide bonds. The second-order valence-corrected chi connectivity index (χ2v) is 4.32. The lowest BCUT2D eigenvalue weighted by molar-refractivity contribution is 0.482. The van der Waals surface area contributed by atoms with Crippen molar-refractivity contribution in [3.63, 3.8) is 0 Å². The molecule has 0 aliphatic rings. The van der Waals surface area contributed by atoms with E-state index in [-0.39, 0.29) is 6.04 Å². The molecule has 4 heteroatoms. The van der Waals surface area contributed by atoms with Gasteiger partial charge >= 0.3 is 0 Å². The maximum Gasteiger partial charge on any atom is 0.134 e. The summed E-state index contributed by atoms with van der Waals surface area (Å²) in [5.41, 5.74) is 1.86. The number of furan rings is 1. The maximum atomic E-state index is 5.87. The van der Waals surface area contributed by atoms with Gasteiger partial charge in [0, 0.05) is 18.6 Å². The van der Waals surface area contributed by atoms with E-state index in [9.17, 15) is 0 Å². The summed E-state index contributed by atoms with van der Waals surface area (Å²) in [7, 11) is 3.82. The zero-order chi connectivity index (χ0) is 12.5. The largest absolute Gasteiger partial charge is 0.459 e. The minimum atomic E-state index is -0.0152. The van der Waals surface area contributed by atoms with Gasteiger partial charge in [-0.05, 0) is 25.2 Å². The Morgan fingerprint density at radius 1 is 1.28 bits per heavy atom. The first kappa shape index (κ1) is 11.0. The second kappa shape index (κ2) is 4.31. The summed E-state index contributed by atoms with van der Waals surface area (Å²) in [4.78, 5) is 0. The first-order chi connectivity index (χ1) is 8.78. The fourth-order valence-electron chi connectivity index (χ4n) is 2.17. The highest BCUT2D eigenvalue weighted by Crippen LogP contribution is 2.26. The molecule has 0 fully saturated rings. The van der Waals surface area contributed by atoms with Crippen LogP contribution in [0.3, 0.4) is 0 Å². The van der Waals surface area contributed by atoms with E-state index < -0.39 is 0 Å². The standard InChI is InChI=1S/C14H15N3O/c1-15-14(11-7-8-17(2)16-11)13-9-10-5-3-4-6-12(10)18-13/h3-9,14-15H,1-2H3. The molecule has 0 bridgehead atoms. The average molecular weight is 241 g/mol. The van der Waals surface area contributed by atoms with Crippen LogP contribution in [0.2, 0.25) is 0 Å². The van der Waals surface area contributed by atoms with Gasteiger partial charge in [0.15, 0.2) is 0 Å². The third-order valence-corrected chi connectivity index (χ3v) is 3.05. The summed E-state index contributed by atoms with van der Waals surface area (Å²) < 4.78 is 7.67. The maximum absolute atomic E-state index is 5.87. The molecule has 0 saturated carbocycles. The molecule has 4 nitrogen and oxygen atoms in total. The summed E-state index contributed by atoms with van der Waals surface area (Å²) in [6.45, 7) is 0. The van der Waals surface area contributed by atoms with Crippen molar-refractivity contribution in [2.75, 3.05) is 7.05 Å². The van der Waals surface area contributed by atoms with Crippen molar-refractivity contribution in [1.82, 2.24) is 15.1 Å². The van der Waals surface area contributed by atoms with E-state index in [1.165, 1.54) is 0 Å². The summed E-state index contributed by atoms with van der Waals surface area (Å²) >= 11 is 0. The van der Waals surface area contributed by atoms with E-state index in [4.69, 9.17) is 4.42 Å². The number of nitrogens with one attached hydrogen (secondary N) is 1. The van der Waals surface area contributed by atoms with Crippen molar-refractivity contribution in [1.29, 1.82) is 0 Å². The zero-order valence-corrected chi connectivity index (χ0v) is 10.4. The van der Waals surface area contributed by atoms with Crippen LogP contribution in [0.15, 0.2) is 47.0 Å². The molecule has 3 rings (SSSR count). The van der Waals surface area contributed by atoms with Gasteiger partial charge in [-0.25, -0.2) is 0 Å². The van der Waals surface area contributed by atoms with Crippen LogP contribution in [0.25, 0.3) is 11.0 Å². The summed E-state index contributed by atoms with van der Waals surface area (Å²) in [5, 5.41) is 8.78. The van der Waals surface area contributed by atoms with Gasteiger partial charge in [0.1, 0.15) is 17.4 Å². The number of benzene rings is 1. The Morgan fingerprint density at radius 3 is 2.78 bits per heavy atom. The predicted molar refractivity (Wildman–Crippen MR) is 70.3 cm³/mol. The number of hydrogen-bond donors (Lipinski definition) is 1.